The summed E-state index contributed by atoms with van der Waals surface area (Å²) in [6.45, 7) is 3.29. The van der Waals surface area contributed by atoms with Gasteiger partial charge in [0.2, 0.25) is 5.91 Å². The van der Waals surface area contributed by atoms with Crippen LogP contribution in [0.3, 0.4) is 0 Å². The molecule has 36 heavy (non-hydrogen) atoms. The van der Waals surface area contributed by atoms with Gasteiger partial charge in [0.1, 0.15) is 24.4 Å². The van der Waals surface area contributed by atoms with E-state index in [4.69, 9.17) is 5.73 Å². The molecule has 0 bridgehead atoms. The maximum absolute atomic E-state index is 13.0. The number of allylic oxidation sites excluding steroid dienone is 1. The zero-order valence-electron chi connectivity index (χ0n) is 20.2. The van der Waals surface area contributed by atoms with Gasteiger partial charge in [0.05, 0.1) is 11.5 Å². The first-order valence-electron chi connectivity index (χ1n) is 11.8. The Morgan fingerprint density at radius 2 is 1.58 bits per heavy atom. The monoisotopic (exact) mass is 481 g/mol. The number of nitrogens with two attached hydrogens (primary N) is 1. The van der Waals surface area contributed by atoms with Crippen molar-refractivity contribution in [2.45, 2.75) is 31.8 Å². The van der Waals surface area contributed by atoms with Crippen molar-refractivity contribution < 1.29 is 14.3 Å². The van der Waals surface area contributed by atoms with Crippen molar-refractivity contribution in [3.8, 4) is 0 Å². The number of non-ortho nitro benzene ring substituents is 1. The lowest BCUT2D eigenvalue weighted by Gasteiger charge is -2.31. The van der Waals surface area contributed by atoms with Crippen molar-refractivity contribution in [2.75, 3.05) is 0 Å². The predicted molar refractivity (Wildman–Crippen MR) is 139 cm³/mol. The maximum Gasteiger partial charge on any atom is 0.269 e. The molecule has 0 radical (unpaired) electrons. The fraction of sp³-hybridized carbons (Fsp3) is 0.172. The molecule has 1 amide bonds. The van der Waals surface area contributed by atoms with Gasteiger partial charge in [0.15, 0.2) is 0 Å². The third kappa shape index (κ3) is 5.10. The van der Waals surface area contributed by atoms with E-state index in [9.17, 15) is 14.9 Å². The van der Waals surface area contributed by atoms with Crippen molar-refractivity contribution in [1.82, 2.24) is 4.57 Å². The molecule has 0 atom stereocenters. The molecule has 0 aliphatic rings. The number of carbonyl (C=O) groups excluding carboxylic acids is 1. The van der Waals surface area contributed by atoms with Gasteiger partial charge < -0.3 is 5.73 Å². The zero-order valence-corrected chi connectivity index (χ0v) is 20.2. The van der Waals surface area contributed by atoms with Gasteiger partial charge in [-0.3, -0.25) is 14.9 Å². The van der Waals surface area contributed by atoms with Crippen molar-refractivity contribution in [1.29, 1.82) is 0 Å². The number of aromatic nitrogens is 2. The quantitative estimate of drug-likeness (QED) is 0.204. The number of imidazole rings is 1. The van der Waals surface area contributed by atoms with Crippen LogP contribution in [0.25, 0.3) is 6.08 Å². The first kappa shape index (κ1) is 24.6. The van der Waals surface area contributed by atoms with Gasteiger partial charge in [-0.1, -0.05) is 66.7 Å². The first-order chi connectivity index (χ1) is 17.4. The lowest BCUT2D eigenvalue weighted by Crippen LogP contribution is -2.43. The molecule has 182 valence electrons. The minimum atomic E-state index is -0.945. The molecular formula is C29H29N4O3+. The smallest absolute Gasteiger partial charge is 0.269 e. The van der Waals surface area contributed by atoms with Crippen LogP contribution in [0.5, 0.6) is 0 Å². The Labute approximate surface area is 210 Å². The fourth-order valence-corrected chi connectivity index (χ4v) is 4.58. The summed E-state index contributed by atoms with van der Waals surface area (Å²) in [5.74, 6) is 0.673. The minimum absolute atomic E-state index is 0.0764. The lowest BCUT2D eigenvalue weighted by molar-refractivity contribution is -0.692. The topological polar surface area (TPSA) is 95.0 Å². The molecule has 0 saturated heterocycles. The summed E-state index contributed by atoms with van der Waals surface area (Å²) >= 11 is 0. The summed E-state index contributed by atoms with van der Waals surface area (Å²) in [5, 5.41) is 10.8. The largest absolute Gasteiger partial charge is 0.369 e. The molecule has 2 N–H and O–H groups in total. The summed E-state index contributed by atoms with van der Waals surface area (Å²) in [7, 11) is 0. The van der Waals surface area contributed by atoms with Crippen LogP contribution in [0.4, 0.5) is 5.69 Å². The number of amides is 1. The molecule has 4 aromatic rings. The fourth-order valence-electron chi connectivity index (χ4n) is 4.58. The number of hydrogen-bond acceptors (Lipinski definition) is 3. The number of nitro groups is 1. The molecule has 1 heterocycles. The van der Waals surface area contributed by atoms with E-state index in [-0.39, 0.29) is 11.6 Å². The summed E-state index contributed by atoms with van der Waals surface area (Å²) in [5.41, 5.74) is 7.88. The maximum atomic E-state index is 13.0. The van der Waals surface area contributed by atoms with Gasteiger partial charge in [-0.15, -0.1) is 0 Å². The number of carbonyl (C=O) groups is 1. The third-order valence-electron chi connectivity index (χ3n) is 6.66. The Hall–Kier alpha value is -4.52. The molecule has 7 nitrogen and oxygen atoms in total. The second-order valence-electron chi connectivity index (χ2n) is 8.69. The SMILES string of the molecule is Cc1n(CCC(C(N)=O)(c2ccccc2)c2ccccc2)cc[n+]1C/C=C/c1ccc([N+](=O)[O-])cc1. The van der Waals surface area contributed by atoms with Crippen molar-refractivity contribution in [2.24, 2.45) is 5.73 Å². The second-order valence-corrected chi connectivity index (χ2v) is 8.69. The highest BCUT2D eigenvalue weighted by Gasteiger charge is 2.40. The van der Waals surface area contributed by atoms with E-state index in [0.717, 1.165) is 22.5 Å². The van der Waals surface area contributed by atoms with Gasteiger partial charge in [-0.2, -0.15) is 0 Å². The third-order valence-corrected chi connectivity index (χ3v) is 6.66. The van der Waals surface area contributed by atoms with Crippen molar-refractivity contribution in [3.05, 3.63) is 136 Å². The van der Waals surface area contributed by atoms with Crippen LogP contribution in [0.1, 0.15) is 28.9 Å². The highest BCUT2D eigenvalue weighted by molar-refractivity contribution is 5.90. The van der Waals surface area contributed by atoms with E-state index in [1.807, 2.05) is 92.1 Å². The van der Waals surface area contributed by atoms with E-state index < -0.39 is 10.3 Å². The highest BCUT2D eigenvalue weighted by Crippen LogP contribution is 2.36. The molecule has 0 aliphatic heterocycles. The molecule has 4 rings (SSSR count). The molecule has 0 aliphatic carbocycles. The first-order valence-corrected chi connectivity index (χ1v) is 11.8. The molecule has 0 spiro atoms. The Kier molecular flexibility index (Phi) is 7.39. The Morgan fingerprint density at radius 3 is 2.11 bits per heavy atom. The second kappa shape index (κ2) is 10.8. The van der Waals surface area contributed by atoms with Crippen LogP contribution in [-0.2, 0) is 23.3 Å². The predicted octanol–water partition coefficient (Wildman–Crippen LogP) is 4.57. The number of aryl methyl sites for hydroxylation is 1. The van der Waals surface area contributed by atoms with Crippen molar-refractivity contribution >= 4 is 17.7 Å². The van der Waals surface area contributed by atoms with E-state index in [2.05, 4.69) is 9.13 Å². The number of hydrogen-bond donors (Lipinski definition) is 1. The number of nitrogens with zero attached hydrogens (tertiary/aromatic N) is 3. The Bertz CT molecular complexity index is 1320. The Morgan fingerprint density at radius 1 is 1.00 bits per heavy atom. The van der Waals surface area contributed by atoms with Gasteiger partial charge >= 0.3 is 0 Å². The molecule has 0 fully saturated rings. The van der Waals surface area contributed by atoms with Crippen molar-refractivity contribution in [3.63, 3.8) is 0 Å². The van der Waals surface area contributed by atoms with Gasteiger partial charge in [0.25, 0.3) is 11.5 Å². The lowest BCUT2D eigenvalue weighted by atomic mass is 9.71. The van der Waals surface area contributed by atoms with Gasteiger partial charge in [0, 0.05) is 25.5 Å². The number of primary amides is 1. The molecule has 1 aromatic heterocycles. The standard InChI is InChI=1S/C29H28N4O3/c1-23-31(19-8-9-24-14-16-27(17-15-24)33(35)36)21-22-32(23)20-18-29(28(30)34,25-10-4-2-5-11-25)26-12-6-3-7-13-26/h2-17,21-22H,18-20H2,1H3,(H-,30,34)/p+1/b9-8+. The van der Waals surface area contributed by atoms with E-state index in [0.29, 0.717) is 19.5 Å². The van der Waals surface area contributed by atoms with Gasteiger partial charge in [-0.05, 0) is 34.9 Å². The van der Waals surface area contributed by atoms with Gasteiger partial charge in [-0.25, -0.2) is 9.13 Å². The van der Waals surface area contributed by atoms with Crippen LogP contribution in [0.2, 0.25) is 0 Å². The zero-order chi connectivity index (χ0) is 25.5. The van der Waals surface area contributed by atoms with E-state index in [1.165, 1.54) is 12.1 Å². The van der Waals surface area contributed by atoms with Crippen LogP contribution in [-0.4, -0.2) is 15.4 Å². The van der Waals surface area contributed by atoms with E-state index in [1.54, 1.807) is 12.1 Å². The Balaban J connectivity index is 1.53. The average molecular weight is 482 g/mol. The van der Waals surface area contributed by atoms with Crippen LogP contribution in [0.15, 0.2) is 103 Å². The van der Waals surface area contributed by atoms with Crippen LogP contribution >= 0.6 is 0 Å². The van der Waals surface area contributed by atoms with E-state index >= 15 is 0 Å². The molecular weight excluding hydrogens is 452 g/mol. The summed E-state index contributed by atoms with van der Waals surface area (Å²) < 4.78 is 4.24. The minimum Gasteiger partial charge on any atom is -0.369 e. The summed E-state index contributed by atoms with van der Waals surface area (Å²) in [4.78, 5) is 23.4. The molecule has 0 unspecified atom stereocenters. The summed E-state index contributed by atoms with van der Waals surface area (Å²) in [6, 6.07) is 25.9. The number of rotatable bonds is 10. The highest BCUT2D eigenvalue weighted by atomic mass is 16.6. The van der Waals surface area contributed by atoms with Crippen LogP contribution < -0.4 is 10.3 Å². The summed E-state index contributed by atoms with van der Waals surface area (Å²) in [6.07, 6.45) is 8.49. The average Bonchev–Trinajstić information content (AvgIpc) is 3.25. The molecule has 3 aromatic carbocycles. The van der Waals surface area contributed by atoms with Crippen LogP contribution in [0, 0.1) is 17.0 Å². The molecule has 7 heteroatoms. The number of benzene rings is 3. The number of nitro benzene ring substituents is 1. The molecule has 0 saturated carbocycles. The normalized spacial score (nSPS) is 11.6.